The Balaban J connectivity index is 1.41. The molecule has 7 heteroatoms. The number of thiophene rings is 1. The van der Waals surface area contributed by atoms with Gasteiger partial charge in [-0.05, 0) is 60.7 Å². The quantitative estimate of drug-likeness (QED) is 0.668. The van der Waals surface area contributed by atoms with Gasteiger partial charge in [-0.15, -0.1) is 11.3 Å². The molecule has 4 rings (SSSR count). The molecule has 3 amide bonds. The van der Waals surface area contributed by atoms with Crippen LogP contribution in [0.5, 0.6) is 0 Å². The van der Waals surface area contributed by atoms with Gasteiger partial charge in [0.15, 0.2) is 0 Å². The van der Waals surface area contributed by atoms with Crippen molar-refractivity contribution in [1.29, 1.82) is 0 Å². The van der Waals surface area contributed by atoms with Gasteiger partial charge in [-0.2, -0.15) is 0 Å². The molecule has 1 saturated heterocycles. The molecule has 1 fully saturated rings. The second-order valence-electron chi connectivity index (χ2n) is 7.28. The maximum Gasteiger partial charge on any atom is 0.321 e. The van der Waals surface area contributed by atoms with Gasteiger partial charge in [0.1, 0.15) is 5.82 Å². The number of piperazine rings is 1. The summed E-state index contributed by atoms with van der Waals surface area (Å²) < 4.78 is 14.5. The van der Waals surface area contributed by atoms with E-state index in [1.54, 1.807) is 15.9 Å². The fraction of sp³-hybridized carbons (Fsp3) is 0.273. The molecule has 2 heterocycles. The standard InChI is InChI=1S/C22H22FN3O2S/c1-14-4-3-5-17(12-14)24-22(28)26-10-8-25(9-11-26)21(27)20-15(2)18-13-16(23)6-7-19(18)29-20/h3-7,12-13H,8-11H2,1-2H3,(H,24,28). The van der Waals surface area contributed by atoms with Gasteiger partial charge in [0.2, 0.25) is 0 Å². The third-order valence-corrected chi connectivity index (χ3v) is 6.48. The predicted octanol–water partition coefficient (Wildman–Crippen LogP) is 4.65. The van der Waals surface area contributed by atoms with E-state index in [4.69, 9.17) is 0 Å². The van der Waals surface area contributed by atoms with Crippen LogP contribution in [0.1, 0.15) is 20.8 Å². The van der Waals surface area contributed by atoms with Crippen LogP contribution in [0, 0.1) is 19.7 Å². The number of amides is 3. The van der Waals surface area contributed by atoms with Crippen molar-refractivity contribution in [2.24, 2.45) is 0 Å². The average molecular weight is 412 g/mol. The van der Waals surface area contributed by atoms with Crippen molar-refractivity contribution >= 4 is 39.0 Å². The van der Waals surface area contributed by atoms with Crippen LogP contribution >= 0.6 is 11.3 Å². The third kappa shape index (κ3) is 3.96. The summed E-state index contributed by atoms with van der Waals surface area (Å²) in [5.74, 6) is -0.353. The zero-order chi connectivity index (χ0) is 20.5. The van der Waals surface area contributed by atoms with Crippen LogP contribution in [0.15, 0.2) is 42.5 Å². The molecular formula is C22H22FN3O2S. The average Bonchev–Trinajstić information content (AvgIpc) is 3.03. The molecule has 0 unspecified atom stereocenters. The molecule has 1 N–H and O–H groups in total. The van der Waals surface area contributed by atoms with E-state index >= 15 is 0 Å². The Morgan fingerprint density at radius 2 is 1.72 bits per heavy atom. The highest BCUT2D eigenvalue weighted by atomic mass is 32.1. The topological polar surface area (TPSA) is 52.7 Å². The van der Waals surface area contributed by atoms with Crippen molar-refractivity contribution in [3.63, 3.8) is 0 Å². The lowest BCUT2D eigenvalue weighted by atomic mass is 10.1. The number of fused-ring (bicyclic) bond motifs is 1. The molecule has 0 atom stereocenters. The first-order chi connectivity index (χ1) is 13.9. The minimum absolute atomic E-state index is 0.0529. The molecule has 5 nitrogen and oxygen atoms in total. The number of anilines is 1. The zero-order valence-electron chi connectivity index (χ0n) is 16.4. The summed E-state index contributed by atoms with van der Waals surface area (Å²) >= 11 is 1.39. The Labute approximate surface area is 172 Å². The van der Waals surface area contributed by atoms with Gasteiger partial charge in [0.25, 0.3) is 5.91 Å². The molecule has 0 saturated carbocycles. The second kappa shape index (κ2) is 7.83. The van der Waals surface area contributed by atoms with Crippen LogP contribution in [0.25, 0.3) is 10.1 Å². The Hall–Kier alpha value is -2.93. The minimum atomic E-state index is -0.300. The molecular weight excluding hydrogens is 389 g/mol. The molecule has 2 aromatic carbocycles. The largest absolute Gasteiger partial charge is 0.334 e. The summed E-state index contributed by atoms with van der Waals surface area (Å²) in [4.78, 5) is 29.6. The van der Waals surface area contributed by atoms with Crippen molar-refractivity contribution in [3.05, 3.63) is 64.3 Å². The minimum Gasteiger partial charge on any atom is -0.334 e. The highest BCUT2D eigenvalue weighted by Gasteiger charge is 2.27. The van der Waals surface area contributed by atoms with E-state index in [0.717, 1.165) is 26.9 Å². The second-order valence-corrected chi connectivity index (χ2v) is 8.33. The van der Waals surface area contributed by atoms with E-state index in [0.29, 0.717) is 31.1 Å². The molecule has 29 heavy (non-hydrogen) atoms. The zero-order valence-corrected chi connectivity index (χ0v) is 17.2. The van der Waals surface area contributed by atoms with Crippen molar-refractivity contribution < 1.29 is 14.0 Å². The van der Waals surface area contributed by atoms with E-state index in [-0.39, 0.29) is 17.8 Å². The van der Waals surface area contributed by atoms with Crippen LogP contribution in [0.4, 0.5) is 14.9 Å². The molecule has 0 spiro atoms. The van der Waals surface area contributed by atoms with Crippen LogP contribution < -0.4 is 5.32 Å². The summed E-state index contributed by atoms with van der Waals surface area (Å²) in [5, 5.41) is 3.70. The molecule has 1 aliphatic heterocycles. The Morgan fingerprint density at radius 1 is 1.00 bits per heavy atom. The lowest BCUT2D eigenvalue weighted by Crippen LogP contribution is -2.51. The Morgan fingerprint density at radius 3 is 2.45 bits per heavy atom. The summed E-state index contributed by atoms with van der Waals surface area (Å²) in [6.45, 7) is 5.73. The number of rotatable bonds is 2. The van der Waals surface area contributed by atoms with Crippen molar-refractivity contribution in [2.75, 3.05) is 31.5 Å². The Bertz CT molecular complexity index is 1090. The lowest BCUT2D eigenvalue weighted by Gasteiger charge is -2.34. The van der Waals surface area contributed by atoms with E-state index < -0.39 is 0 Å². The summed E-state index contributed by atoms with van der Waals surface area (Å²) in [7, 11) is 0. The molecule has 0 radical (unpaired) electrons. The van der Waals surface area contributed by atoms with Gasteiger partial charge in [-0.3, -0.25) is 4.79 Å². The van der Waals surface area contributed by atoms with Crippen molar-refractivity contribution in [2.45, 2.75) is 13.8 Å². The number of nitrogens with zero attached hydrogens (tertiary/aromatic N) is 2. The lowest BCUT2D eigenvalue weighted by molar-refractivity contribution is 0.0676. The third-order valence-electron chi connectivity index (χ3n) is 5.22. The normalized spacial score (nSPS) is 14.3. The highest BCUT2D eigenvalue weighted by molar-refractivity contribution is 7.21. The van der Waals surface area contributed by atoms with Gasteiger partial charge in [-0.1, -0.05) is 12.1 Å². The number of halogens is 1. The molecule has 150 valence electrons. The predicted molar refractivity (Wildman–Crippen MR) is 114 cm³/mol. The summed E-state index contributed by atoms with van der Waals surface area (Å²) in [5.41, 5.74) is 2.66. The first kappa shape index (κ1) is 19.4. The van der Waals surface area contributed by atoms with Gasteiger partial charge in [-0.25, -0.2) is 9.18 Å². The van der Waals surface area contributed by atoms with Crippen LogP contribution in [0.2, 0.25) is 0 Å². The summed E-state index contributed by atoms with van der Waals surface area (Å²) in [6, 6.07) is 12.1. The molecule has 0 bridgehead atoms. The number of nitrogens with one attached hydrogen (secondary N) is 1. The van der Waals surface area contributed by atoms with Crippen molar-refractivity contribution in [3.8, 4) is 0 Å². The number of carbonyl (C=O) groups is 2. The first-order valence-electron chi connectivity index (χ1n) is 9.53. The van der Waals surface area contributed by atoms with E-state index in [1.807, 2.05) is 38.1 Å². The summed E-state index contributed by atoms with van der Waals surface area (Å²) in [6.07, 6.45) is 0. The van der Waals surface area contributed by atoms with Gasteiger partial charge >= 0.3 is 6.03 Å². The van der Waals surface area contributed by atoms with Gasteiger partial charge in [0.05, 0.1) is 4.88 Å². The number of urea groups is 1. The fourth-order valence-electron chi connectivity index (χ4n) is 3.58. The smallest absolute Gasteiger partial charge is 0.321 e. The number of aryl methyl sites for hydroxylation is 2. The maximum absolute atomic E-state index is 13.5. The highest BCUT2D eigenvalue weighted by Crippen LogP contribution is 2.32. The number of hydrogen-bond acceptors (Lipinski definition) is 3. The molecule has 1 aliphatic rings. The maximum atomic E-state index is 13.5. The van der Waals surface area contributed by atoms with Crippen LogP contribution in [-0.4, -0.2) is 47.9 Å². The fourth-order valence-corrected chi connectivity index (χ4v) is 4.74. The first-order valence-corrected chi connectivity index (χ1v) is 10.3. The van der Waals surface area contributed by atoms with E-state index in [9.17, 15) is 14.0 Å². The van der Waals surface area contributed by atoms with E-state index in [2.05, 4.69) is 5.32 Å². The number of carbonyl (C=O) groups excluding carboxylic acids is 2. The molecule has 0 aliphatic carbocycles. The van der Waals surface area contributed by atoms with Crippen LogP contribution in [0.3, 0.4) is 0 Å². The Kier molecular flexibility index (Phi) is 5.24. The van der Waals surface area contributed by atoms with Crippen molar-refractivity contribution in [1.82, 2.24) is 9.80 Å². The molecule has 1 aromatic heterocycles. The van der Waals surface area contributed by atoms with Gasteiger partial charge in [0, 0.05) is 36.6 Å². The molecule has 3 aromatic rings. The van der Waals surface area contributed by atoms with Crippen LogP contribution in [-0.2, 0) is 0 Å². The SMILES string of the molecule is Cc1cccc(NC(=O)N2CCN(C(=O)c3sc4ccc(F)cc4c3C)CC2)c1. The van der Waals surface area contributed by atoms with Gasteiger partial charge < -0.3 is 15.1 Å². The van der Waals surface area contributed by atoms with E-state index in [1.165, 1.54) is 23.5 Å². The number of hydrogen-bond donors (Lipinski definition) is 1. The number of benzene rings is 2. The monoisotopic (exact) mass is 411 g/mol.